The Kier molecular flexibility index (Phi) is 4.50. The topological polar surface area (TPSA) is 80.5 Å². The van der Waals surface area contributed by atoms with Crippen LogP contribution in [-0.2, 0) is 9.84 Å². The summed E-state index contributed by atoms with van der Waals surface area (Å²) in [6.45, 7) is 7.59. The SMILES string of the molecule is CCN(CC)c1nc2c(S(=O)(=O)c3ccccc3)nnn2c2cc(C)ccc12. The van der Waals surface area contributed by atoms with E-state index in [9.17, 15) is 8.42 Å². The van der Waals surface area contributed by atoms with Gasteiger partial charge >= 0.3 is 0 Å². The third-order valence-electron chi connectivity index (χ3n) is 4.82. The Morgan fingerprint density at radius 2 is 1.75 bits per heavy atom. The van der Waals surface area contributed by atoms with Crippen LogP contribution in [0.3, 0.4) is 0 Å². The molecule has 0 atom stereocenters. The molecule has 0 bridgehead atoms. The van der Waals surface area contributed by atoms with E-state index in [4.69, 9.17) is 4.98 Å². The molecule has 8 heteroatoms. The number of nitrogens with zero attached hydrogens (tertiary/aromatic N) is 5. The van der Waals surface area contributed by atoms with E-state index in [1.54, 1.807) is 30.3 Å². The van der Waals surface area contributed by atoms with Crippen LogP contribution in [0, 0.1) is 6.92 Å². The first-order chi connectivity index (χ1) is 13.5. The van der Waals surface area contributed by atoms with Crippen molar-refractivity contribution >= 4 is 32.2 Å². The molecular weight excluding hydrogens is 374 g/mol. The van der Waals surface area contributed by atoms with Crippen LogP contribution in [0.4, 0.5) is 5.82 Å². The molecule has 0 aliphatic heterocycles. The Balaban J connectivity index is 2.08. The summed E-state index contributed by atoms with van der Waals surface area (Å²) in [4.78, 5) is 6.99. The first-order valence-corrected chi connectivity index (χ1v) is 10.7. The quantitative estimate of drug-likeness (QED) is 0.516. The van der Waals surface area contributed by atoms with Crippen molar-refractivity contribution in [1.29, 1.82) is 0 Å². The minimum absolute atomic E-state index is 0.129. The molecule has 4 aromatic rings. The minimum Gasteiger partial charge on any atom is -0.357 e. The van der Waals surface area contributed by atoms with Gasteiger partial charge in [-0.05, 0) is 50.6 Å². The average molecular weight is 395 g/mol. The third kappa shape index (κ3) is 2.80. The maximum Gasteiger partial charge on any atom is 0.229 e. The highest BCUT2D eigenvalue weighted by molar-refractivity contribution is 7.91. The predicted octanol–water partition coefficient (Wildman–Crippen LogP) is 3.26. The fourth-order valence-electron chi connectivity index (χ4n) is 3.34. The molecule has 2 heterocycles. The van der Waals surface area contributed by atoms with Gasteiger partial charge in [0.25, 0.3) is 0 Å². The maximum atomic E-state index is 13.2. The zero-order chi connectivity index (χ0) is 19.9. The molecule has 0 spiro atoms. The Morgan fingerprint density at radius 1 is 1.04 bits per heavy atom. The molecule has 7 nitrogen and oxygen atoms in total. The van der Waals surface area contributed by atoms with Gasteiger partial charge in [0.15, 0.2) is 5.65 Å². The number of sulfone groups is 1. The van der Waals surface area contributed by atoms with E-state index < -0.39 is 9.84 Å². The zero-order valence-electron chi connectivity index (χ0n) is 16.0. The summed E-state index contributed by atoms with van der Waals surface area (Å²) in [5.41, 5.74) is 2.08. The molecule has 0 radical (unpaired) electrons. The Bertz CT molecular complexity index is 1260. The van der Waals surface area contributed by atoms with Crippen molar-refractivity contribution in [3.8, 4) is 0 Å². The van der Waals surface area contributed by atoms with Gasteiger partial charge in [-0.15, -0.1) is 5.10 Å². The van der Waals surface area contributed by atoms with Gasteiger partial charge in [0.2, 0.25) is 14.9 Å². The van der Waals surface area contributed by atoms with Gasteiger partial charge in [0, 0.05) is 18.5 Å². The number of fused-ring (bicyclic) bond motifs is 3. The fraction of sp³-hybridized carbons (Fsp3) is 0.250. The lowest BCUT2D eigenvalue weighted by Crippen LogP contribution is -2.23. The molecule has 0 fully saturated rings. The van der Waals surface area contributed by atoms with Crippen LogP contribution in [-0.4, -0.2) is 41.3 Å². The standard InChI is InChI=1S/C20H21N5O2S/c1-4-24(5-2)18-16-12-11-14(3)13-17(16)25-19(21-18)20(22-23-25)28(26,27)15-9-7-6-8-10-15/h6-13H,4-5H2,1-3H3. The lowest BCUT2D eigenvalue weighted by molar-refractivity contribution is 0.592. The monoisotopic (exact) mass is 395 g/mol. The summed E-state index contributed by atoms with van der Waals surface area (Å²) in [6, 6.07) is 14.2. The van der Waals surface area contributed by atoms with Gasteiger partial charge in [-0.1, -0.05) is 29.5 Å². The largest absolute Gasteiger partial charge is 0.357 e. The first kappa shape index (κ1) is 18.4. The summed E-state index contributed by atoms with van der Waals surface area (Å²) < 4.78 is 27.8. The van der Waals surface area contributed by atoms with Gasteiger partial charge in [0.05, 0.1) is 10.4 Å². The van der Waals surface area contributed by atoms with Gasteiger partial charge in [-0.3, -0.25) is 0 Å². The number of benzene rings is 2. The lowest BCUT2D eigenvalue weighted by Gasteiger charge is -2.22. The van der Waals surface area contributed by atoms with Crippen LogP contribution in [0.2, 0.25) is 0 Å². The molecule has 4 rings (SSSR count). The van der Waals surface area contributed by atoms with Gasteiger partial charge in [-0.2, -0.15) is 4.52 Å². The smallest absolute Gasteiger partial charge is 0.229 e. The molecule has 2 aromatic carbocycles. The van der Waals surface area contributed by atoms with E-state index in [1.165, 1.54) is 4.52 Å². The van der Waals surface area contributed by atoms with Crippen LogP contribution < -0.4 is 4.90 Å². The molecule has 0 aliphatic rings. The van der Waals surface area contributed by atoms with Crippen molar-refractivity contribution in [2.75, 3.05) is 18.0 Å². The highest BCUT2D eigenvalue weighted by Crippen LogP contribution is 2.30. The van der Waals surface area contributed by atoms with Crippen LogP contribution in [0.1, 0.15) is 19.4 Å². The molecule has 0 unspecified atom stereocenters. The zero-order valence-corrected chi connectivity index (χ0v) is 16.8. The summed E-state index contributed by atoms with van der Waals surface area (Å²) >= 11 is 0. The van der Waals surface area contributed by atoms with E-state index in [-0.39, 0.29) is 15.6 Å². The molecule has 0 saturated carbocycles. The van der Waals surface area contributed by atoms with E-state index >= 15 is 0 Å². The molecule has 2 aromatic heterocycles. The van der Waals surface area contributed by atoms with E-state index in [2.05, 4.69) is 15.2 Å². The van der Waals surface area contributed by atoms with Crippen molar-refractivity contribution < 1.29 is 8.42 Å². The lowest BCUT2D eigenvalue weighted by atomic mass is 10.1. The van der Waals surface area contributed by atoms with Crippen molar-refractivity contribution in [3.05, 3.63) is 54.1 Å². The molecule has 0 amide bonds. The number of hydrogen-bond acceptors (Lipinski definition) is 6. The Labute approximate surface area is 163 Å². The Morgan fingerprint density at radius 3 is 2.43 bits per heavy atom. The van der Waals surface area contributed by atoms with Crippen LogP contribution >= 0.6 is 0 Å². The summed E-state index contributed by atoms with van der Waals surface area (Å²) in [5, 5.41) is 8.94. The van der Waals surface area contributed by atoms with Gasteiger partial charge in [0.1, 0.15) is 5.82 Å². The second-order valence-electron chi connectivity index (χ2n) is 6.57. The minimum atomic E-state index is -3.83. The second-order valence-corrected chi connectivity index (χ2v) is 8.44. The van der Waals surface area contributed by atoms with Crippen molar-refractivity contribution in [3.63, 3.8) is 0 Å². The summed E-state index contributed by atoms with van der Waals surface area (Å²) in [6.07, 6.45) is 0. The molecule has 0 saturated heterocycles. The van der Waals surface area contributed by atoms with E-state index in [0.717, 1.165) is 35.4 Å². The number of aromatic nitrogens is 4. The maximum absolute atomic E-state index is 13.2. The van der Waals surface area contributed by atoms with Crippen molar-refractivity contribution in [1.82, 2.24) is 19.8 Å². The molecule has 28 heavy (non-hydrogen) atoms. The van der Waals surface area contributed by atoms with Crippen LogP contribution in [0.25, 0.3) is 16.6 Å². The van der Waals surface area contributed by atoms with Crippen molar-refractivity contribution in [2.24, 2.45) is 0 Å². The van der Waals surface area contributed by atoms with E-state index in [1.807, 2.05) is 39.0 Å². The molecular formula is C20H21N5O2S. The number of hydrogen-bond donors (Lipinski definition) is 0. The molecule has 0 aliphatic carbocycles. The second kappa shape index (κ2) is 6.87. The predicted molar refractivity (Wildman–Crippen MR) is 108 cm³/mol. The normalized spacial score (nSPS) is 12.0. The molecule has 0 N–H and O–H groups in total. The number of rotatable bonds is 5. The summed E-state index contributed by atoms with van der Waals surface area (Å²) in [7, 11) is -3.83. The van der Waals surface area contributed by atoms with Gasteiger partial charge < -0.3 is 4.90 Å². The molecule has 144 valence electrons. The van der Waals surface area contributed by atoms with Crippen molar-refractivity contribution in [2.45, 2.75) is 30.7 Å². The van der Waals surface area contributed by atoms with Gasteiger partial charge in [-0.25, -0.2) is 13.4 Å². The fourth-order valence-corrected chi connectivity index (χ4v) is 4.59. The number of anilines is 1. The highest BCUT2D eigenvalue weighted by atomic mass is 32.2. The van der Waals surface area contributed by atoms with E-state index in [0.29, 0.717) is 0 Å². The van der Waals surface area contributed by atoms with Crippen LogP contribution in [0.15, 0.2) is 58.5 Å². The number of aryl methyl sites for hydroxylation is 1. The summed E-state index contributed by atoms with van der Waals surface area (Å²) in [5.74, 6) is 0.735. The third-order valence-corrected chi connectivity index (χ3v) is 6.49. The average Bonchev–Trinajstić information content (AvgIpc) is 3.14. The highest BCUT2D eigenvalue weighted by Gasteiger charge is 2.27. The van der Waals surface area contributed by atoms with Crippen LogP contribution in [0.5, 0.6) is 0 Å². The Hall–Kier alpha value is -3.00. The first-order valence-electron chi connectivity index (χ1n) is 9.18.